The molecule has 0 saturated carbocycles. The third-order valence-electron chi connectivity index (χ3n) is 2.18. The predicted molar refractivity (Wildman–Crippen MR) is 75.8 cm³/mol. The van der Waals surface area contributed by atoms with Crippen LogP contribution in [0.1, 0.15) is 26.3 Å². The number of hydrogen-bond donors (Lipinski definition) is 1. The zero-order valence-electron chi connectivity index (χ0n) is 11.4. The fraction of sp³-hybridized carbons (Fsp3) is 0.500. The average Bonchev–Trinajstić information content (AvgIpc) is 2.27. The van der Waals surface area contributed by atoms with Gasteiger partial charge in [-0.3, -0.25) is 4.79 Å². The molecule has 0 saturated heterocycles. The van der Waals surface area contributed by atoms with Crippen LogP contribution >= 0.6 is 11.8 Å². The molecule has 1 aromatic rings. The Balaban J connectivity index is 2.30. The van der Waals surface area contributed by atoms with E-state index in [1.807, 2.05) is 20.8 Å². The van der Waals surface area contributed by atoms with Crippen molar-refractivity contribution >= 4 is 17.7 Å². The standard InChI is InChI=1S/C14H21NO2S/c1-14(2,3)17-13(16)10-15-9-11-5-7-12(18-4)8-6-11/h5-8,15H,9-10H2,1-4H3. The van der Waals surface area contributed by atoms with E-state index in [1.54, 1.807) is 11.8 Å². The highest BCUT2D eigenvalue weighted by Crippen LogP contribution is 2.14. The van der Waals surface area contributed by atoms with Gasteiger partial charge in [0.1, 0.15) is 5.60 Å². The highest BCUT2D eigenvalue weighted by Gasteiger charge is 2.15. The lowest BCUT2D eigenvalue weighted by atomic mass is 10.2. The smallest absolute Gasteiger partial charge is 0.320 e. The summed E-state index contributed by atoms with van der Waals surface area (Å²) < 4.78 is 5.21. The molecule has 0 atom stereocenters. The monoisotopic (exact) mass is 267 g/mol. The van der Waals surface area contributed by atoms with Crippen molar-refractivity contribution in [3.63, 3.8) is 0 Å². The van der Waals surface area contributed by atoms with E-state index in [0.717, 1.165) is 5.56 Å². The van der Waals surface area contributed by atoms with Gasteiger partial charge >= 0.3 is 5.97 Å². The Kier molecular flexibility index (Phi) is 5.69. The summed E-state index contributed by atoms with van der Waals surface area (Å²) in [5.74, 6) is -0.219. The molecule has 0 unspecified atom stereocenters. The van der Waals surface area contributed by atoms with Gasteiger partial charge in [0.2, 0.25) is 0 Å². The van der Waals surface area contributed by atoms with Crippen LogP contribution in [0.25, 0.3) is 0 Å². The number of thioether (sulfide) groups is 1. The second kappa shape index (κ2) is 6.81. The highest BCUT2D eigenvalue weighted by molar-refractivity contribution is 7.98. The van der Waals surface area contributed by atoms with Crippen LogP contribution in [0.5, 0.6) is 0 Å². The number of carbonyl (C=O) groups excluding carboxylic acids is 1. The number of nitrogens with one attached hydrogen (secondary N) is 1. The van der Waals surface area contributed by atoms with Gasteiger partial charge in [-0.25, -0.2) is 0 Å². The van der Waals surface area contributed by atoms with Gasteiger partial charge in [-0.1, -0.05) is 12.1 Å². The number of benzene rings is 1. The van der Waals surface area contributed by atoms with Gasteiger partial charge in [-0.15, -0.1) is 11.8 Å². The summed E-state index contributed by atoms with van der Waals surface area (Å²) >= 11 is 1.72. The Labute approximate surface area is 113 Å². The quantitative estimate of drug-likeness (QED) is 0.657. The van der Waals surface area contributed by atoms with Crippen LogP contribution in [0.3, 0.4) is 0 Å². The van der Waals surface area contributed by atoms with Crippen molar-refractivity contribution in [2.75, 3.05) is 12.8 Å². The fourth-order valence-corrected chi connectivity index (χ4v) is 1.84. The van der Waals surface area contributed by atoms with E-state index in [2.05, 4.69) is 35.8 Å². The largest absolute Gasteiger partial charge is 0.459 e. The van der Waals surface area contributed by atoms with Crippen LogP contribution in [0.15, 0.2) is 29.2 Å². The van der Waals surface area contributed by atoms with Crippen LogP contribution in [0.4, 0.5) is 0 Å². The summed E-state index contributed by atoms with van der Waals surface area (Å²) in [5, 5.41) is 3.08. The maximum Gasteiger partial charge on any atom is 0.320 e. The lowest BCUT2D eigenvalue weighted by Crippen LogP contribution is -2.31. The first-order valence-electron chi connectivity index (χ1n) is 5.96. The van der Waals surface area contributed by atoms with Crippen molar-refractivity contribution < 1.29 is 9.53 Å². The normalized spacial score (nSPS) is 11.3. The molecular formula is C14H21NO2S. The first-order valence-corrected chi connectivity index (χ1v) is 7.19. The second-order valence-corrected chi connectivity index (χ2v) is 5.92. The summed E-state index contributed by atoms with van der Waals surface area (Å²) in [6, 6.07) is 8.28. The summed E-state index contributed by atoms with van der Waals surface area (Å²) in [6.45, 7) is 6.51. The Bertz CT molecular complexity index is 382. The van der Waals surface area contributed by atoms with Gasteiger partial charge < -0.3 is 10.1 Å². The number of ether oxygens (including phenoxy) is 1. The number of hydrogen-bond acceptors (Lipinski definition) is 4. The lowest BCUT2D eigenvalue weighted by Gasteiger charge is -2.19. The van der Waals surface area contributed by atoms with Crippen LogP contribution in [0, 0.1) is 0 Å². The van der Waals surface area contributed by atoms with Crippen molar-refractivity contribution in [2.24, 2.45) is 0 Å². The van der Waals surface area contributed by atoms with Gasteiger partial charge in [0.15, 0.2) is 0 Å². The minimum Gasteiger partial charge on any atom is -0.459 e. The maximum atomic E-state index is 11.5. The zero-order chi connectivity index (χ0) is 13.6. The lowest BCUT2D eigenvalue weighted by molar-refractivity contribution is -0.153. The Morgan fingerprint density at radius 3 is 2.39 bits per heavy atom. The van der Waals surface area contributed by atoms with Gasteiger partial charge in [0.05, 0.1) is 6.54 Å². The molecule has 0 heterocycles. The Hall–Kier alpha value is -1.00. The third kappa shape index (κ3) is 6.07. The molecule has 0 aliphatic heterocycles. The van der Waals surface area contributed by atoms with Crippen molar-refractivity contribution in [1.29, 1.82) is 0 Å². The van der Waals surface area contributed by atoms with E-state index in [-0.39, 0.29) is 12.5 Å². The van der Waals surface area contributed by atoms with Crippen LogP contribution in [-0.4, -0.2) is 24.4 Å². The van der Waals surface area contributed by atoms with Crippen LogP contribution in [0.2, 0.25) is 0 Å². The second-order valence-electron chi connectivity index (χ2n) is 5.04. The van der Waals surface area contributed by atoms with Crippen LogP contribution < -0.4 is 5.32 Å². The first-order chi connectivity index (χ1) is 8.40. The number of esters is 1. The highest BCUT2D eigenvalue weighted by atomic mass is 32.2. The maximum absolute atomic E-state index is 11.5. The topological polar surface area (TPSA) is 38.3 Å². The summed E-state index contributed by atoms with van der Waals surface area (Å²) in [6.07, 6.45) is 2.05. The zero-order valence-corrected chi connectivity index (χ0v) is 12.3. The van der Waals surface area contributed by atoms with Crippen molar-refractivity contribution in [2.45, 2.75) is 37.8 Å². The minimum absolute atomic E-state index is 0.219. The van der Waals surface area contributed by atoms with E-state index >= 15 is 0 Å². The predicted octanol–water partition coefficient (Wildman–Crippen LogP) is 2.84. The summed E-state index contributed by atoms with van der Waals surface area (Å²) in [4.78, 5) is 12.7. The van der Waals surface area contributed by atoms with E-state index in [4.69, 9.17) is 4.74 Å². The number of carbonyl (C=O) groups is 1. The van der Waals surface area contributed by atoms with Gasteiger partial charge in [-0.2, -0.15) is 0 Å². The summed E-state index contributed by atoms with van der Waals surface area (Å²) in [7, 11) is 0. The van der Waals surface area contributed by atoms with Gasteiger partial charge in [0, 0.05) is 11.4 Å². The molecule has 0 radical (unpaired) electrons. The van der Waals surface area contributed by atoms with Crippen LogP contribution in [-0.2, 0) is 16.1 Å². The molecule has 0 fully saturated rings. The molecule has 0 spiro atoms. The molecule has 1 rings (SSSR count). The van der Waals surface area contributed by atoms with Crippen molar-refractivity contribution in [1.82, 2.24) is 5.32 Å². The van der Waals surface area contributed by atoms with Gasteiger partial charge in [-0.05, 0) is 44.7 Å². The SMILES string of the molecule is CSc1ccc(CNCC(=O)OC(C)(C)C)cc1. The first kappa shape index (κ1) is 15.1. The molecule has 0 aliphatic carbocycles. The molecule has 100 valence electrons. The fourth-order valence-electron chi connectivity index (χ4n) is 1.43. The van der Waals surface area contributed by atoms with E-state index in [1.165, 1.54) is 4.90 Å². The molecule has 18 heavy (non-hydrogen) atoms. The van der Waals surface area contributed by atoms with E-state index in [0.29, 0.717) is 6.54 Å². The molecule has 0 aromatic heterocycles. The molecule has 4 heteroatoms. The summed E-state index contributed by atoms with van der Waals surface area (Å²) in [5.41, 5.74) is 0.745. The van der Waals surface area contributed by atoms with E-state index in [9.17, 15) is 4.79 Å². The Morgan fingerprint density at radius 1 is 1.28 bits per heavy atom. The average molecular weight is 267 g/mol. The molecule has 1 aromatic carbocycles. The minimum atomic E-state index is -0.418. The van der Waals surface area contributed by atoms with E-state index < -0.39 is 5.60 Å². The molecule has 0 aliphatic rings. The molecule has 0 amide bonds. The molecular weight excluding hydrogens is 246 g/mol. The van der Waals surface area contributed by atoms with Crippen molar-refractivity contribution in [3.05, 3.63) is 29.8 Å². The number of rotatable bonds is 5. The third-order valence-corrected chi connectivity index (χ3v) is 2.92. The van der Waals surface area contributed by atoms with Gasteiger partial charge in [0.25, 0.3) is 0 Å². The Morgan fingerprint density at radius 2 is 1.89 bits per heavy atom. The molecule has 0 bridgehead atoms. The molecule has 1 N–H and O–H groups in total. The molecule has 3 nitrogen and oxygen atoms in total. The van der Waals surface area contributed by atoms with Crippen molar-refractivity contribution in [3.8, 4) is 0 Å².